The molecule has 140 valence electrons. The fraction of sp³-hybridized carbons (Fsp3) is 0.526. The molecule has 1 saturated heterocycles. The number of hydrogen-bond donors (Lipinski definition) is 2. The molecule has 0 atom stereocenters. The number of carbonyl (C=O) groups excluding carboxylic acids is 1. The molecule has 0 aliphatic carbocycles. The van der Waals surface area contributed by atoms with Gasteiger partial charge in [0.05, 0.1) is 6.20 Å². The minimum Gasteiger partial charge on any atom is -0.399 e. The highest BCUT2D eigenvalue weighted by atomic mass is 16.2. The van der Waals surface area contributed by atoms with Gasteiger partial charge in [0.25, 0.3) is 0 Å². The predicted molar refractivity (Wildman–Crippen MR) is 102 cm³/mol. The van der Waals surface area contributed by atoms with Crippen molar-refractivity contribution in [2.24, 2.45) is 0 Å². The first-order chi connectivity index (χ1) is 12.4. The van der Waals surface area contributed by atoms with Crippen molar-refractivity contribution in [3.8, 4) is 11.3 Å². The van der Waals surface area contributed by atoms with E-state index in [2.05, 4.69) is 34.4 Å². The quantitative estimate of drug-likeness (QED) is 0.798. The molecule has 1 fully saturated rings. The van der Waals surface area contributed by atoms with Crippen LogP contribution in [0, 0.1) is 6.92 Å². The van der Waals surface area contributed by atoms with Gasteiger partial charge in [0.2, 0.25) is 5.91 Å². The van der Waals surface area contributed by atoms with E-state index in [0.29, 0.717) is 6.04 Å². The predicted octanol–water partition coefficient (Wildman–Crippen LogP) is 1.82. The van der Waals surface area contributed by atoms with Crippen molar-refractivity contribution in [1.29, 1.82) is 0 Å². The number of nitrogen functional groups attached to an aromatic ring is 1. The Balaban J connectivity index is 1.54. The topological polar surface area (TPSA) is 89.1 Å². The summed E-state index contributed by atoms with van der Waals surface area (Å²) < 4.78 is 1.58. The molecule has 1 aliphatic heterocycles. The van der Waals surface area contributed by atoms with Crippen molar-refractivity contribution >= 4 is 11.6 Å². The molecule has 7 nitrogen and oxygen atoms in total. The first-order valence-electron chi connectivity index (χ1n) is 9.22. The van der Waals surface area contributed by atoms with E-state index in [1.54, 1.807) is 10.9 Å². The summed E-state index contributed by atoms with van der Waals surface area (Å²) in [6.07, 6.45) is 3.79. The third kappa shape index (κ3) is 4.40. The van der Waals surface area contributed by atoms with Crippen LogP contribution in [0.5, 0.6) is 0 Å². The first-order valence-corrected chi connectivity index (χ1v) is 9.22. The zero-order valence-electron chi connectivity index (χ0n) is 15.8. The van der Waals surface area contributed by atoms with Gasteiger partial charge in [-0.3, -0.25) is 4.79 Å². The Kier molecular flexibility index (Phi) is 5.56. The second-order valence-corrected chi connectivity index (χ2v) is 7.34. The third-order valence-corrected chi connectivity index (χ3v) is 5.03. The van der Waals surface area contributed by atoms with Crippen molar-refractivity contribution in [2.75, 3.05) is 18.8 Å². The Labute approximate surface area is 154 Å². The molecule has 0 bridgehead atoms. The smallest absolute Gasteiger partial charge is 0.242 e. The standard InChI is InChI=1S/C19H28N6O/c1-13(2)24-8-6-16(7-9-24)21-19(26)12-25-11-18(22-23-25)15-4-5-17(20)14(3)10-15/h4-5,10-11,13,16H,6-9,12,20H2,1-3H3,(H,21,26). The lowest BCUT2D eigenvalue weighted by molar-refractivity contribution is -0.122. The van der Waals surface area contributed by atoms with Crippen LogP contribution < -0.4 is 11.1 Å². The number of amides is 1. The lowest BCUT2D eigenvalue weighted by atomic mass is 10.0. The minimum atomic E-state index is -0.0158. The maximum atomic E-state index is 12.3. The lowest BCUT2D eigenvalue weighted by Gasteiger charge is -2.34. The molecular weight excluding hydrogens is 328 g/mol. The molecular formula is C19H28N6O. The number of nitrogens with zero attached hydrogens (tertiary/aromatic N) is 4. The number of likely N-dealkylation sites (tertiary alicyclic amines) is 1. The number of rotatable bonds is 5. The summed E-state index contributed by atoms with van der Waals surface area (Å²) in [5.41, 5.74) is 9.30. The summed E-state index contributed by atoms with van der Waals surface area (Å²) in [5.74, 6) is -0.0158. The van der Waals surface area contributed by atoms with E-state index in [-0.39, 0.29) is 18.5 Å². The number of aryl methyl sites for hydroxylation is 1. The summed E-state index contributed by atoms with van der Waals surface area (Å²) in [6, 6.07) is 6.57. The zero-order valence-corrected chi connectivity index (χ0v) is 15.8. The number of nitrogens with two attached hydrogens (primary N) is 1. The van der Waals surface area contributed by atoms with Gasteiger partial charge < -0.3 is 16.0 Å². The largest absolute Gasteiger partial charge is 0.399 e. The SMILES string of the molecule is Cc1cc(-c2cn(CC(=O)NC3CCN(C(C)C)CC3)nn2)ccc1N. The van der Waals surface area contributed by atoms with Crippen LogP contribution in [-0.2, 0) is 11.3 Å². The summed E-state index contributed by atoms with van der Waals surface area (Å²) in [5, 5.41) is 11.4. The average molecular weight is 356 g/mol. The number of carbonyl (C=O) groups is 1. The molecule has 0 radical (unpaired) electrons. The number of anilines is 1. The van der Waals surface area contributed by atoms with E-state index in [9.17, 15) is 4.79 Å². The molecule has 2 heterocycles. The summed E-state index contributed by atoms with van der Waals surface area (Å²) >= 11 is 0. The molecule has 26 heavy (non-hydrogen) atoms. The highest BCUT2D eigenvalue weighted by Gasteiger charge is 2.22. The normalized spacial score (nSPS) is 16.2. The fourth-order valence-corrected chi connectivity index (χ4v) is 3.32. The molecule has 2 aromatic rings. The van der Waals surface area contributed by atoms with Crippen molar-refractivity contribution < 1.29 is 4.79 Å². The summed E-state index contributed by atoms with van der Waals surface area (Å²) in [7, 11) is 0. The van der Waals surface area contributed by atoms with Gasteiger partial charge in [0.1, 0.15) is 12.2 Å². The van der Waals surface area contributed by atoms with Gasteiger partial charge in [0.15, 0.2) is 0 Å². The minimum absolute atomic E-state index is 0.0158. The fourth-order valence-electron chi connectivity index (χ4n) is 3.32. The highest BCUT2D eigenvalue weighted by molar-refractivity contribution is 5.76. The Morgan fingerprint density at radius 2 is 2.08 bits per heavy atom. The monoisotopic (exact) mass is 356 g/mol. The number of benzene rings is 1. The van der Waals surface area contributed by atoms with Crippen LogP contribution in [-0.4, -0.2) is 51.0 Å². The zero-order chi connectivity index (χ0) is 18.7. The van der Waals surface area contributed by atoms with E-state index < -0.39 is 0 Å². The molecule has 1 aromatic carbocycles. The first kappa shape index (κ1) is 18.4. The van der Waals surface area contributed by atoms with Gasteiger partial charge in [-0.05, 0) is 51.3 Å². The molecule has 0 spiro atoms. The van der Waals surface area contributed by atoms with Crippen LogP contribution in [0.15, 0.2) is 24.4 Å². The van der Waals surface area contributed by atoms with Crippen LogP contribution in [0.3, 0.4) is 0 Å². The van der Waals surface area contributed by atoms with Gasteiger partial charge in [0, 0.05) is 36.4 Å². The Hall–Kier alpha value is -2.41. The third-order valence-electron chi connectivity index (χ3n) is 5.03. The van der Waals surface area contributed by atoms with Crippen molar-refractivity contribution in [3.05, 3.63) is 30.0 Å². The number of nitrogens with one attached hydrogen (secondary N) is 1. The molecule has 7 heteroatoms. The molecule has 3 rings (SSSR count). The van der Waals surface area contributed by atoms with E-state index >= 15 is 0 Å². The molecule has 3 N–H and O–H groups in total. The Morgan fingerprint density at radius 3 is 2.73 bits per heavy atom. The van der Waals surface area contributed by atoms with Crippen molar-refractivity contribution in [3.63, 3.8) is 0 Å². The van der Waals surface area contributed by atoms with Gasteiger partial charge in [-0.1, -0.05) is 11.3 Å². The van der Waals surface area contributed by atoms with E-state index in [1.165, 1.54) is 0 Å². The summed E-state index contributed by atoms with van der Waals surface area (Å²) in [6.45, 7) is 8.64. The van der Waals surface area contributed by atoms with Crippen LogP contribution in [0.1, 0.15) is 32.3 Å². The highest BCUT2D eigenvalue weighted by Crippen LogP contribution is 2.21. The van der Waals surface area contributed by atoms with Gasteiger partial charge >= 0.3 is 0 Å². The van der Waals surface area contributed by atoms with E-state index in [0.717, 1.165) is 48.4 Å². The van der Waals surface area contributed by atoms with E-state index in [1.807, 2.05) is 25.1 Å². The molecule has 0 saturated carbocycles. The van der Waals surface area contributed by atoms with Crippen LogP contribution in [0.25, 0.3) is 11.3 Å². The number of hydrogen-bond acceptors (Lipinski definition) is 5. The molecule has 1 aromatic heterocycles. The van der Waals surface area contributed by atoms with Gasteiger partial charge in [-0.25, -0.2) is 4.68 Å². The van der Waals surface area contributed by atoms with Crippen molar-refractivity contribution in [2.45, 2.75) is 52.2 Å². The molecule has 1 amide bonds. The Bertz CT molecular complexity index is 761. The molecule has 1 aliphatic rings. The van der Waals surface area contributed by atoms with Crippen LogP contribution >= 0.6 is 0 Å². The molecule has 0 unspecified atom stereocenters. The summed E-state index contributed by atoms with van der Waals surface area (Å²) in [4.78, 5) is 14.8. The average Bonchev–Trinajstić information content (AvgIpc) is 3.06. The maximum Gasteiger partial charge on any atom is 0.242 e. The van der Waals surface area contributed by atoms with Crippen molar-refractivity contribution in [1.82, 2.24) is 25.2 Å². The van der Waals surface area contributed by atoms with Crippen LogP contribution in [0.2, 0.25) is 0 Å². The van der Waals surface area contributed by atoms with Gasteiger partial charge in [-0.2, -0.15) is 0 Å². The lowest BCUT2D eigenvalue weighted by Crippen LogP contribution is -2.47. The van der Waals surface area contributed by atoms with Gasteiger partial charge in [-0.15, -0.1) is 5.10 Å². The Morgan fingerprint density at radius 1 is 1.35 bits per heavy atom. The second-order valence-electron chi connectivity index (χ2n) is 7.34. The number of piperidine rings is 1. The second kappa shape index (κ2) is 7.86. The number of aromatic nitrogens is 3. The maximum absolute atomic E-state index is 12.3. The van der Waals surface area contributed by atoms with Crippen LogP contribution in [0.4, 0.5) is 5.69 Å². The van der Waals surface area contributed by atoms with E-state index in [4.69, 9.17) is 5.73 Å².